The molecule has 0 amide bonds. The Morgan fingerprint density at radius 3 is 2.19 bits per heavy atom. The van der Waals surface area contributed by atoms with Crippen LogP contribution in [-0.2, 0) is 0 Å². The number of benzene rings is 3. The van der Waals surface area contributed by atoms with Crippen LogP contribution in [0.25, 0.3) is 6.08 Å². The summed E-state index contributed by atoms with van der Waals surface area (Å²) in [5, 5.41) is 1.88. The van der Waals surface area contributed by atoms with Crippen LogP contribution in [0.3, 0.4) is 0 Å². The van der Waals surface area contributed by atoms with E-state index in [1.165, 1.54) is 11.3 Å². The highest BCUT2D eigenvalue weighted by Crippen LogP contribution is 2.61. The molecule has 3 aromatic carbocycles. The van der Waals surface area contributed by atoms with Crippen LogP contribution >= 0.6 is 27.3 Å². The molecule has 1 saturated heterocycles. The van der Waals surface area contributed by atoms with Crippen molar-refractivity contribution in [1.29, 1.82) is 0 Å². The van der Waals surface area contributed by atoms with Gasteiger partial charge in [0.1, 0.15) is 11.5 Å². The molecule has 37 heavy (non-hydrogen) atoms. The number of fused-ring (bicyclic) bond motifs is 5. The number of hydrogen-bond acceptors (Lipinski definition) is 5. The highest BCUT2D eigenvalue weighted by atomic mass is 79.9. The zero-order chi connectivity index (χ0) is 25.3. The molecule has 180 valence electrons. The van der Waals surface area contributed by atoms with E-state index >= 15 is 0 Å². The van der Waals surface area contributed by atoms with Crippen LogP contribution in [0.2, 0.25) is 0 Å². The third kappa shape index (κ3) is 2.97. The van der Waals surface area contributed by atoms with E-state index in [1.807, 2.05) is 83.1 Å². The average Bonchev–Trinajstić information content (AvgIpc) is 3.63. The quantitative estimate of drug-likeness (QED) is 0.202. The first-order chi connectivity index (χ1) is 18.0. The van der Waals surface area contributed by atoms with Gasteiger partial charge in [0.2, 0.25) is 0 Å². The lowest BCUT2D eigenvalue weighted by Crippen LogP contribution is -2.48. The maximum atomic E-state index is 14.5. The number of halogens is 1. The van der Waals surface area contributed by atoms with Crippen LogP contribution < -0.4 is 4.90 Å². The van der Waals surface area contributed by atoms with E-state index in [9.17, 15) is 14.4 Å². The lowest BCUT2D eigenvalue weighted by Gasteiger charge is -2.37. The fourth-order valence-electron chi connectivity index (χ4n) is 6.53. The van der Waals surface area contributed by atoms with Crippen molar-refractivity contribution in [2.24, 2.45) is 5.41 Å². The number of carbonyl (C=O) groups is 3. The van der Waals surface area contributed by atoms with Crippen LogP contribution in [0.15, 0.2) is 101 Å². The third-order valence-corrected chi connectivity index (χ3v) is 9.39. The number of thiophene rings is 1. The molecule has 0 bridgehead atoms. The molecule has 0 radical (unpaired) electrons. The maximum absolute atomic E-state index is 14.5. The van der Waals surface area contributed by atoms with Crippen molar-refractivity contribution in [2.45, 2.75) is 18.0 Å². The normalized spacial score (nSPS) is 22.7. The fourth-order valence-corrected chi connectivity index (χ4v) is 7.49. The van der Waals surface area contributed by atoms with Gasteiger partial charge in [-0.25, -0.2) is 0 Å². The lowest BCUT2D eigenvalue weighted by atomic mass is 9.64. The van der Waals surface area contributed by atoms with Gasteiger partial charge < -0.3 is 4.90 Å². The monoisotopic (exact) mass is 565 g/mol. The van der Waals surface area contributed by atoms with Crippen LogP contribution in [-0.4, -0.2) is 29.4 Å². The molecule has 0 N–H and O–H groups in total. The summed E-state index contributed by atoms with van der Waals surface area (Å²) in [7, 11) is 0. The smallest absolute Gasteiger partial charge is 0.195 e. The number of anilines is 1. The summed E-state index contributed by atoms with van der Waals surface area (Å²) in [6, 6.07) is 25.0. The van der Waals surface area contributed by atoms with E-state index in [0.717, 1.165) is 21.3 Å². The summed E-state index contributed by atoms with van der Waals surface area (Å²) >= 11 is 4.90. The maximum Gasteiger partial charge on any atom is 0.195 e. The molecule has 1 spiro atoms. The Morgan fingerprint density at radius 1 is 0.838 bits per heavy atom. The minimum atomic E-state index is -1.46. The van der Waals surface area contributed by atoms with Crippen LogP contribution in [0.1, 0.15) is 47.4 Å². The molecule has 1 aliphatic carbocycles. The second-order valence-electron chi connectivity index (χ2n) is 9.66. The zero-order valence-electron chi connectivity index (χ0n) is 19.5. The van der Waals surface area contributed by atoms with E-state index in [1.54, 1.807) is 24.3 Å². The molecule has 1 aromatic heterocycles. The molecule has 7 rings (SSSR count). The molecule has 3 heterocycles. The van der Waals surface area contributed by atoms with E-state index in [2.05, 4.69) is 15.9 Å². The van der Waals surface area contributed by atoms with Crippen LogP contribution in [0.5, 0.6) is 0 Å². The number of Topliss-reactive ketones (excluding diaryl/α,β-unsaturated/α-hetero) is 3. The second kappa shape index (κ2) is 8.20. The Kier molecular flexibility index (Phi) is 5.00. The predicted molar refractivity (Wildman–Crippen MR) is 149 cm³/mol. The number of carbonyl (C=O) groups excluding carboxylic acids is 3. The molecule has 2 aliphatic heterocycles. The Labute approximate surface area is 226 Å². The van der Waals surface area contributed by atoms with Crippen molar-refractivity contribution in [1.82, 2.24) is 0 Å². The number of hydrogen-bond donors (Lipinski definition) is 0. The van der Waals surface area contributed by atoms with E-state index in [-0.39, 0.29) is 17.3 Å². The van der Waals surface area contributed by atoms with Gasteiger partial charge in [0.15, 0.2) is 17.3 Å². The first-order valence-electron chi connectivity index (χ1n) is 12.1. The van der Waals surface area contributed by atoms with Gasteiger partial charge in [-0.2, -0.15) is 0 Å². The summed E-state index contributed by atoms with van der Waals surface area (Å²) in [5.74, 6) is -1.17. The molecule has 3 atom stereocenters. The topological polar surface area (TPSA) is 54.5 Å². The Morgan fingerprint density at radius 2 is 1.51 bits per heavy atom. The summed E-state index contributed by atoms with van der Waals surface area (Å²) < 4.78 is 0.889. The number of ketones is 3. The number of rotatable bonds is 3. The molecule has 0 saturated carbocycles. The molecular weight excluding hydrogens is 546 g/mol. The summed E-state index contributed by atoms with van der Waals surface area (Å²) in [6.07, 6.45) is 3.94. The molecule has 0 unspecified atom stereocenters. The number of para-hydroxylation sites is 1. The van der Waals surface area contributed by atoms with Gasteiger partial charge in [0.05, 0.1) is 10.9 Å². The standard InChI is InChI=1S/C31H20BrNO3S/c32-20-14-11-19(12-15-20)26-27(28(34)24-10-5-17-37-24)33-23-9-4-1-6-18(23)13-16-25(33)31(26)29(35)21-7-2-3-8-22(21)30(31)36/h1-17,25-27H/t25-,26+,27-/m0/s1. The average molecular weight is 566 g/mol. The van der Waals surface area contributed by atoms with Gasteiger partial charge in [0, 0.05) is 27.2 Å². The van der Waals surface area contributed by atoms with E-state index in [4.69, 9.17) is 0 Å². The molecule has 4 aromatic rings. The Bertz CT molecular complexity index is 1590. The van der Waals surface area contributed by atoms with Crippen molar-refractivity contribution in [3.8, 4) is 0 Å². The summed E-state index contributed by atoms with van der Waals surface area (Å²) in [5.41, 5.74) is 2.04. The highest BCUT2D eigenvalue weighted by molar-refractivity contribution is 9.10. The van der Waals surface area contributed by atoms with E-state index in [0.29, 0.717) is 16.0 Å². The Balaban J connectivity index is 1.56. The van der Waals surface area contributed by atoms with Gasteiger partial charge in [-0.05, 0) is 40.8 Å². The van der Waals surface area contributed by atoms with Gasteiger partial charge in [-0.15, -0.1) is 11.3 Å². The van der Waals surface area contributed by atoms with Crippen molar-refractivity contribution in [2.75, 3.05) is 4.90 Å². The molecular formula is C31H20BrNO3S. The minimum Gasteiger partial charge on any atom is -0.352 e. The SMILES string of the molecule is O=C(c1cccs1)[C@@H]1[C@@H](c2ccc(Br)cc2)C2(C(=O)c3ccccc3C2=O)[C@@H]2C=Cc3ccccc3N12. The first-order valence-corrected chi connectivity index (χ1v) is 13.8. The number of nitrogens with zero attached hydrogens (tertiary/aromatic N) is 1. The molecule has 6 heteroatoms. The lowest BCUT2D eigenvalue weighted by molar-refractivity contribution is 0.0666. The van der Waals surface area contributed by atoms with Crippen molar-refractivity contribution in [3.63, 3.8) is 0 Å². The summed E-state index contributed by atoms with van der Waals surface area (Å²) in [4.78, 5) is 46.0. The van der Waals surface area contributed by atoms with Crippen molar-refractivity contribution >= 4 is 56.4 Å². The summed E-state index contributed by atoms with van der Waals surface area (Å²) in [6.45, 7) is 0. The molecule has 3 aliphatic rings. The largest absolute Gasteiger partial charge is 0.352 e. The Hall–Kier alpha value is -3.61. The zero-order valence-corrected chi connectivity index (χ0v) is 21.9. The van der Waals surface area contributed by atoms with Gasteiger partial charge in [-0.1, -0.05) is 88.7 Å². The predicted octanol–water partition coefficient (Wildman–Crippen LogP) is 6.83. The second-order valence-corrected chi connectivity index (χ2v) is 11.5. The van der Waals surface area contributed by atoms with Crippen molar-refractivity contribution in [3.05, 3.63) is 128 Å². The van der Waals surface area contributed by atoms with Crippen LogP contribution in [0, 0.1) is 5.41 Å². The van der Waals surface area contributed by atoms with E-state index < -0.39 is 23.4 Å². The third-order valence-electron chi connectivity index (χ3n) is 7.97. The first kappa shape index (κ1) is 22.6. The van der Waals surface area contributed by atoms with Crippen molar-refractivity contribution < 1.29 is 14.4 Å². The fraction of sp³-hybridized carbons (Fsp3) is 0.129. The molecule has 1 fully saturated rings. The highest BCUT2D eigenvalue weighted by Gasteiger charge is 2.71. The van der Waals surface area contributed by atoms with Gasteiger partial charge in [0.25, 0.3) is 0 Å². The van der Waals surface area contributed by atoms with Crippen LogP contribution in [0.4, 0.5) is 5.69 Å². The van der Waals surface area contributed by atoms with Gasteiger partial charge >= 0.3 is 0 Å². The minimum absolute atomic E-state index is 0.0774. The van der Waals surface area contributed by atoms with Gasteiger partial charge in [-0.3, -0.25) is 14.4 Å². The molecule has 4 nitrogen and oxygen atoms in total.